The van der Waals surface area contributed by atoms with E-state index >= 15 is 0 Å². The van der Waals surface area contributed by atoms with E-state index in [1.54, 1.807) is 24.3 Å². The minimum Gasteiger partial charge on any atom is -0.457 e. The number of ether oxygens (including phenoxy) is 2. The molecule has 0 saturated carbocycles. The summed E-state index contributed by atoms with van der Waals surface area (Å²) in [6.07, 6.45) is 3.62. The van der Waals surface area contributed by atoms with Crippen LogP contribution in [0.3, 0.4) is 0 Å². The second-order valence-corrected chi connectivity index (χ2v) is 10.9. The van der Waals surface area contributed by atoms with Gasteiger partial charge in [0.2, 0.25) is 0 Å². The Kier molecular flexibility index (Phi) is 4.83. The Balaban J connectivity index is 1.35. The van der Waals surface area contributed by atoms with Crippen molar-refractivity contribution in [2.45, 2.75) is 5.41 Å². The number of anilines is 3. The summed E-state index contributed by atoms with van der Waals surface area (Å²) >= 11 is 0. The third kappa shape index (κ3) is 3.07. The summed E-state index contributed by atoms with van der Waals surface area (Å²) < 4.78 is 12.9. The van der Waals surface area contributed by atoms with Crippen LogP contribution in [0.2, 0.25) is 0 Å². The third-order valence-electron chi connectivity index (χ3n) is 8.66. The zero-order chi connectivity index (χ0) is 29.4. The molecule has 0 N–H and O–H groups in total. The Morgan fingerprint density at radius 3 is 1.75 bits per heavy atom. The maximum absolute atomic E-state index is 9.60. The monoisotopic (exact) mass is 565 g/mol. The van der Waals surface area contributed by atoms with Crippen molar-refractivity contribution in [3.63, 3.8) is 0 Å². The molecular weight excluding hydrogens is 546 g/mol. The van der Waals surface area contributed by atoms with Gasteiger partial charge >= 0.3 is 0 Å². The predicted octanol–water partition coefficient (Wildman–Crippen LogP) is 8.26. The SMILES string of the molecule is N#Cc1ccc2c(c1)Oc1cc(C#N)ccc1N2c1ccc2c(c1)C1(c3ccccc3O2)c2cccnc2-c2ncccc21. The largest absolute Gasteiger partial charge is 0.457 e. The van der Waals surface area contributed by atoms with Crippen molar-refractivity contribution in [1.82, 2.24) is 9.97 Å². The van der Waals surface area contributed by atoms with Crippen molar-refractivity contribution in [2.75, 3.05) is 4.90 Å². The molecule has 0 bridgehead atoms. The van der Waals surface area contributed by atoms with Gasteiger partial charge in [-0.2, -0.15) is 10.5 Å². The molecule has 6 aromatic rings. The number of para-hydroxylation sites is 1. The number of pyridine rings is 2. The van der Waals surface area contributed by atoms with Gasteiger partial charge in [0.1, 0.15) is 11.5 Å². The van der Waals surface area contributed by atoms with Gasteiger partial charge in [-0.1, -0.05) is 30.3 Å². The summed E-state index contributed by atoms with van der Waals surface area (Å²) in [7, 11) is 0. The van der Waals surface area contributed by atoms with Crippen LogP contribution in [0.25, 0.3) is 11.4 Å². The number of aromatic nitrogens is 2. The Bertz CT molecular complexity index is 2190. The van der Waals surface area contributed by atoms with Crippen LogP contribution in [0, 0.1) is 22.7 Å². The van der Waals surface area contributed by atoms with Gasteiger partial charge in [0, 0.05) is 41.3 Å². The third-order valence-corrected chi connectivity index (χ3v) is 8.66. The van der Waals surface area contributed by atoms with E-state index in [2.05, 4.69) is 41.3 Å². The predicted molar refractivity (Wildman–Crippen MR) is 164 cm³/mol. The number of fused-ring (bicyclic) bond motifs is 11. The van der Waals surface area contributed by atoms with Crippen molar-refractivity contribution in [3.05, 3.63) is 149 Å². The Hall–Kier alpha value is -6.44. The fraction of sp³-hybridized carbons (Fsp3) is 0.0270. The fourth-order valence-electron chi connectivity index (χ4n) is 6.91. The van der Waals surface area contributed by atoms with E-state index in [-0.39, 0.29) is 0 Å². The normalized spacial score (nSPS) is 13.9. The van der Waals surface area contributed by atoms with E-state index in [9.17, 15) is 10.5 Å². The zero-order valence-electron chi connectivity index (χ0n) is 23.0. The Morgan fingerprint density at radius 1 is 0.545 bits per heavy atom. The summed E-state index contributed by atoms with van der Waals surface area (Å²) in [5.41, 5.74) is 8.45. The van der Waals surface area contributed by atoms with Gasteiger partial charge in [0.25, 0.3) is 0 Å². The van der Waals surface area contributed by atoms with Crippen LogP contribution in [0.4, 0.5) is 17.1 Å². The summed E-state index contributed by atoms with van der Waals surface area (Å²) in [5.74, 6) is 2.60. The van der Waals surface area contributed by atoms with Crippen LogP contribution < -0.4 is 14.4 Å². The molecule has 204 valence electrons. The summed E-state index contributed by atoms with van der Waals surface area (Å²) in [5, 5.41) is 19.2. The highest BCUT2D eigenvalue weighted by Gasteiger charge is 2.52. The molecule has 4 aromatic carbocycles. The average Bonchev–Trinajstić information content (AvgIpc) is 3.37. The first-order valence-electron chi connectivity index (χ1n) is 14.1. The van der Waals surface area contributed by atoms with Gasteiger partial charge < -0.3 is 14.4 Å². The summed E-state index contributed by atoms with van der Waals surface area (Å²) in [6, 6.07) is 37.8. The maximum Gasteiger partial charge on any atom is 0.152 e. The number of hydrogen-bond acceptors (Lipinski definition) is 7. The van der Waals surface area contributed by atoms with Gasteiger partial charge in [0.15, 0.2) is 11.5 Å². The number of benzene rings is 4. The number of rotatable bonds is 1. The lowest BCUT2D eigenvalue weighted by atomic mass is 9.66. The fourth-order valence-corrected chi connectivity index (χ4v) is 6.91. The van der Waals surface area contributed by atoms with Crippen LogP contribution >= 0.6 is 0 Å². The first kappa shape index (κ1) is 24.2. The summed E-state index contributed by atoms with van der Waals surface area (Å²) in [4.78, 5) is 11.7. The molecule has 2 aliphatic heterocycles. The highest BCUT2D eigenvalue weighted by Crippen LogP contribution is 2.62. The van der Waals surface area contributed by atoms with E-state index in [0.717, 1.165) is 62.2 Å². The lowest BCUT2D eigenvalue weighted by Crippen LogP contribution is -2.32. The van der Waals surface area contributed by atoms with Gasteiger partial charge in [-0.3, -0.25) is 9.97 Å². The van der Waals surface area contributed by atoms with E-state index in [1.807, 2.05) is 67.0 Å². The number of hydrogen-bond donors (Lipinski definition) is 0. The molecule has 2 aromatic heterocycles. The standard InChI is InChI=1S/C37H19N5O2/c38-20-22-9-12-29-33(17-22)44-34-18-23(21-39)10-13-30(34)42(29)24-11-14-32-28(19-24)37(25-5-1-2-8-31(25)43-32)26-6-3-15-40-35(26)36-27(37)7-4-16-41-36/h1-19H. The quantitative estimate of drug-likeness (QED) is 0.198. The van der Waals surface area contributed by atoms with Gasteiger partial charge in [0.05, 0.1) is 51.4 Å². The van der Waals surface area contributed by atoms with E-state index in [0.29, 0.717) is 22.6 Å². The van der Waals surface area contributed by atoms with Crippen molar-refractivity contribution >= 4 is 17.1 Å². The average molecular weight is 566 g/mol. The molecule has 44 heavy (non-hydrogen) atoms. The molecule has 0 radical (unpaired) electrons. The molecule has 4 heterocycles. The van der Waals surface area contributed by atoms with Crippen LogP contribution in [-0.2, 0) is 5.41 Å². The van der Waals surface area contributed by atoms with Crippen LogP contribution in [0.5, 0.6) is 23.0 Å². The molecule has 0 atom stereocenters. The number of nitriles is 2. The highest BCUT2D eigenvalue weighted by atomic mass is 16.5. The van der Waals surface area contributed by atoms with E-state index in [1.165, 1.54) is 0 Å². The molecule has 7 heteroatoms. The molecular formula is C37H19N5O2. The molecule has 7 nitrogen and oxygen atoms in total. The van der Waals surface area contributed by atoms with Crippen molar-refractivity contribution in [2.24, 2.45) is 0 Å². The number of nitrogens with zero attached hydrogens (tertiary/aromatic N) is 5. The topological polar surface area (TPSA) is 95.1 Å². The van der Waals surface area contributed by atoms with Crippen molar-refractivity contribution in [3.8, 4) is 46.5 Å². The molecule has 0 fully saturated rings. The highest BCUT2D eigenvalue weighted by molar-refractivity contribution is 5.90. The van der Waals surface area contributed by atoms with Crippen molar-refractivity contribution < 1.29 is 9.47 Å². The molecule has 0 unspecified atom stereocenters. The Morgan fingerprint density at radius 2 is 1.11 bits per heavy atom. The molecule has 1 spiro atoms. The molecule has 0 amide bonds. The minimum atomic E-state index is -0.722. The van der Waals surface area contributed by atoms with Crippen LogP contribution in [0.15, 0.2) is 116 Å². The molecule has 9 rings (SSSR count). The van der Waals surface area contributed by atoms with Gasteiger partial charge in [-0.05, 0) is 71.8 Å². The van der Waals surface area contributed by atoms with Gasteiger partial charge in [-0.25, -0.2) is 0 Å². The minimum absolute atomic E-state index is 0.483. The second kappa shape index (κ2) is 8.78. The molecule has 0 saturated heterocycles. The van der Waals surface area contributed by atoms with E-state index < -0.39 is 5.41 Å². The maximum atomic E-state index is 9.60. The van der Waals surface area contributed by atoms with Crippen LogP contribution in [-0.4, -0.2) is 9.97 Å². The van der Waals surface area contributed by atoms with Crippen LogP contribution in [0.1, 0.15) is 33.4 Å². The second-order valence-electron chi connectivity index (χ2n) is 10.9. The van der Waals surface area contributed by atoms with Gasteiger partial charge in [-0.15, -0.1) is 0 Å². The van der Waals surface area contributed by atoms with Crippen molar-refractivity contribution in [1.29, 1.82) is 10.5 Å². The lowest BCUT2D eigenvalue weighted by molar-refractivity contribution is 0.436. The first-order chi connectivity index (χ1) is 21.7. The smallest absolute Gasteiger partial charge is 0.152 e. The van der Waals surface area contributed by atoms with E-state index in [4.69, 9.17) is 19.4 Å². The molecule has 1 aliphatic carbocycles. The zero-order valence-corrected chi connectivity index (χ0v) is 23.0. The Labute approximate surface area is 252 Å². The first-order valence-corrected chi connectivity index (χ1v) is 14.1. The summed E-state index contributed by atoms with van der Waals surface area (Å²) in [6.45, 7) is 0. The lowest BCUT2D eigenvalue weighted by Gasteiger charge is -2.40. The molecule has 3 aliphatic rings.